The van der Waals surface area contributed by atoms with Crippen molar-refractivity contribution in [3.05, 3.63) is 0 Å². The van der Waals surface area contributed by atoms with Crippen molar-refractivity contribution in [2.75, 3.05) is 6.61 Å². The van der Waals surface area contributed by atoms with Crippen LogP contribution in [0.1, 0.15) is 20.3 Å². The highest BCUT2D eigenvalue weighted by Gasteiger charge is 1.87. The van der Waals surface area contributed by atoms with Crippen molar-refractivity contribution in [1.82, 2.24) is 0 Å². The molecular formula is C5H11O. The molecule has 0 aromatic rings. The van der Waals surface area contributed by atoms with E-state index in [9.17, 15) is 5.11 Å². The van der Waals surface area contributed by atoms with Gasteiger partial charge in [0, 0.05) is 0 Å². The first-order valence-electron chi connectivity index (χ1n) is 2.35. The number of hydrogen-bond donors (Lipinski definition) is 0. The molecule has 0 N–H and O–H groups in total. The minimum absolute atomic E-state index is 0.0810. The fourth-order valence-electron chi connectivity index (χ4n) is 0.236. The van der Waals surface area contributed by atoms with Crippen molar-refractivity contribution >= 4 is 0 Å². The Balaban J connectivity index is 2.63. The fourth-order valence-corrected chi connectivity index (χ4v) is 0.236. The molecule has 0 aliphatic rings. The first-order valence-corrected chi connectivity index (χ1v) is 2.35. The van der Waals surface area contributed by atoms with E-state index in [4.69, 9.17) is 0 Å². The van der Waals surface area contributed by atoms with Crippen LogP contribution in [0.15, 0.2) is 0 Å². The van der Waals surface area contributed by atoms with Crippen LogP contribution in [0.25, 0.3) is 0 Å². The van der Waals surface area contributed by atoms with Crippen LogP contribution in [0.5, 0.6) is 0 Å². The Labute approximate surface area is 39.0 Å². The predicted octanol–water partition coefficient (Wildman–Crippen LogP) is 1.46. The smallest absolute Gasteiger partial charge is 0.0824 e. The molecule has 0 saturated heterocycles. The van der Waals surface area contributed by atoms with Gasteiger partial charge in [-0.1, -0.05) is 13.8 Å². The molecule has 0 spiro atoms. The first-order chi connectivity index (χ1) is 2.77. The quantitative estimate of drug-likeness (QED) is 0.486. The van der Waals surface area contributed by atoms with Gasteiger partial charge in [0.1, 0.15) is 0 Å². The molecular weight excluding hydrogens is 76.1 g/mol. The van der Waals surface area contributed by atoms with E-state index in [0.717, 1.165) is 6.42 Å². The molecule has 0 bridgehead atoms. The standard InChI is InChI=1S/C5H11O/c1-5(2)3-4-6/h5H,3-4H2,1-2H3. The minimum Gasteiger partial charge on any atom is -0.237 e. The summed E-state index contributed by atoms with van der Waals surface area (Å²) in [5.41, 5.74) is 0. The topological polar surface area (TPSA) is 19.9 Å². The van der Waals surface area contributed by atoms with Crippen molar-refractivity contribution in [3.63, 3.8) is 0 Å². The third-order valence-electron chi connectivity index (χ3n) is 0.695. The molecule has 0 fully saturated rings. The highest BCUT2D eigenvalue weighted by atomic mass is 16.2. The lowest BCUT2D eigenvalue weighted by Crippen LogP contribution is -1.88. The molecule has 0 aliphatic carbocycles. The Morgan fingerprint density at radius 2 is 2.00 bits per heavy atom. The van der Waals surface area contributed by atoms with Crippen LogP contribution < -0.4 is 0 Å². The van der Waals surface area contributed by atoms with E-state index >= 15 is 0 Å². The van der Waals surface area contributed by atoms with Gasteiger partial charge in [0.25, 0.3) is 0 Å². The summed E-state index contributed by atoms with van der Waals surface area (Å²) in [4.78, 5) is 0. The van der Waals surface area contributed by atoms with Gasteiger partial charge in [-0.25, -0.2) is 5.11 Å². The molecule has 0 aromatic heterocycles. The van der Waals surface area contributed by atoms with Crippen molar-refractivity contribution in [2.45, 2.75) is 20.3 Å². The molecule has 0 heterocycles. The molecule has 0 amide bonds. The third-order valence-corrected chi connectivity index (χ3v) is 0.695. The van der Waals surface area contributed by atoms with E-state index in [-0.39, 0.29) is 6.61 Å². The lowest BCUT2D eigenvalue weighted by atomic mass is 10.2. The van der Waals surface area contributed by atoms with Gasteiger partial charge >= 0.3 is 0 Å². The van der Waals surface area contributed by atoms with Gasteiger partial charge in [0.2, 0.25) is 0 Å². The van der Waals surface area contributed by atoms with E-state index in [2.05, 4.69) is 13.8 Å². The highest BCUT2D eigenvalue weighted by Crippen LogP contribution is 1.95. The average Bonchev–Trinajstić information content (AvgIpc) is 1.35. The van der Waals surface area contributed by atoms with Gasteiger partial charge in [-0.05, 0) is 12.3 Å². The van der Waals surface area contributed by atoms with E-state index in [0.29, 0.717) is 5.92 Å². The highest BCUT2D eigenvalue weighted by molar-refractivity contribution is 4.38. The second-order valence-corrected chi connectivity index (χ2v) is 1.89. The molecule has 0 aromatic carbocycles. The SMILES string of the molecule is CC(C)CC[O]. The Kier molecular flexibility index (Phi) is 3.14. The van der Waals surface area contributed by atoms with Gasteiger partial charge in [-0.2, -0.15) is 0 Å². The Bertz CT molecular complexity index is 25.1. The molecule has 0 atom stereocenters. The van der Waals surface area contributed by atoms with Gasteiger partial charge in [-0.3, -0.25) is 0 Å². The van der Waals surface area contributed by atoms with Crippen molar-refractivity contribution in [3.8, 4) is 0 Å². The summed E-state index contributed by atoms with van der Waals surface area (Å²) in [5, 5.41) is 9.74. The summed E-state index contributed by atoms with van der Waals surface area (Å²) in [6.07, 6.45) is 0.819. The molecule has 0 aliphatic heterocycles. The van der Waals surface area contributed by atoms with E-state index in [1.54, 1.807) is 0 Å². The lowest BCUT2D eigenvalue weighted by Gasteiger charge is -1.94. The summed E-state index contributed by atoms with van der Waals surface area (Å²) >= 11 is 0. The van der Waals surface area contributed by atoms with Gasteiger partial charge in [0.05, 0.1) is 6.61 Å². The zero-order valence-electron chi connectivity index (χ0n) is 4.40. The normalized spacial score (nSPS) is 10.0. The maximum atomic E-state index is 9.74. The Morgan fingerprint density at radius 1 is 1.50 bits per heavy atom. The summed E-state index contributed by atoms with van der Waals surface area (Å²) in [6, 6.07) is 0. The van der Waals surface area contributed by atoms with Crippen LogP contribution in [0.3, 0.4) is 0 Å². The number of hydrogen-bond acceptors (Lipinski definition) is 0. The predicted molar refractivity (Wildman–Crippen MR) is 25.0 cm³/mol. The van der Waals surface area contributed by atoms with Gasteiger partial charge in [-0.15, -0.1) is 0 Å². The summed E-state index contributed by atoms with van der Waals surface area (Å²) in [5.74, 6) is 0.586. The van der Waals surface area contributed by atoms with Crippen molar-refractivity contribution in [2.24, 2.45) is 5.92 Å². The monoisotopic (exact) mass is 87.1 g/mol. The summed E-state index contributed by atoms with van der Waals surface area (Å²) in [6.45, 7) is 4.19. The largest absolute Gasteiger partial charge is 0.237 e. The zero-order valence-corrected chi connectivity index (χ0v) is 4.40. The van der Waals surface area contributed by atoms with Crippen molar-refractivity contribution < 1.29 is 5.11 Å². The lowest BCUT2D eigenvalue weighted by molar-refractivity contribution is 0.176. The average molecular weight is 87.1 g/mol. The summed E-state index contributed by atoms with van der Waals surface area (Å²) < 4.78 is 0. The minimum atomic E-state index is 0.0810. The molecule has 1 nitrogen and oxygen atoms in total. The van der Waals surface area contributed by atoms with E-state index < -0.39 is 0 Å². The second-order valence-electron chi connectivity index (χ2n) is 1.89. The molecule has 0 saturated carbocycles. The van der Waals surface area contributed by atoms with Crippen LogP contribution in [0, 0.1) is 5.92 Å². The molecule has 1 radical (unpaired) electrons. The summed E-state index contributed by atoms with van der Waals surface area (Å²) in [7, 11) is 0. The van der Waals surface area contributed by atoms with Crippen LogP contribution in [-0.4, -0.2) is 6.61 Å². The van der Waals surface area contributed by atoms with Gasteiger partial charge in [0.15, 0.2) is 0 Å². The molecule has 1 heteroatoms. The van der Waals surface area contributed by atoms with E-state index in [1.807, 2.05) is 0 Å². The van der Waals surface area contributed by atoms with Crippen LogP contribution in [0.2, 0.25) is 0 Å². The third kappa shape index (κ3) is 3.96. The fraction of sp³-hybridized carbons (Fsp3) is 1.00. The van der Waals surface area contributed by atoms with Crippen LogP contribution in [0.4, 0.5) is 0 Å². The first kappa shape index (κ1) is 5.96. The van der Waals surface area contributed by atoms with Crippen LogP contribution >= 0.6 is 0 Å². The Hall–Kier alpha value is -0.0400. The second kappa shape index (κ2) is 3.16. The number of rotatable bonds is 2. The van der Waals surface area contributed by atoms with Crippen LogP contribution in [-0.2, 0) is 5.11 Å². The van der Waals surface area contributed by atoms with Crippen molar-refractivity contribution in [1.29, 1.82) is 0 Å². The van der Waals surface area contributed by atoms with E-state index in [1.165, 1.54) is 0 Å². The Morgan fingerprint density at radius 3 is 2.00 bits per heavy atom. The molecule has 6 heavy (non-hydrogen) atoms. The molecule has 0 rings (SSSR count). The van der Waals surface area contributed by atoms with Gasteiger partial charge < -0.3 is 0 Å². The maximum absolute atomic E-state index is 9.74. The zero-order chi connectivity index (χ0) is 4.99. The molecule has 37 valence electrons. The maximum Gasteiger partial charge on any atom is 0.0824 e. The molecule has 0 unspecified atom stereocenters.